The van der Waals surface area contributed by atoms with E-state index in [-0.39, 0.29) is 22.9 Å². The van der Waals surface area contributed by atoms with Crippen molar-refractivity contribution in [1.29, 1.82) is 0 Å². The number of imide groups is 1. The highest BCUT2D eigenvalue weighted by molar-refractivity contribution is 8.18. The molecule has 1 aliphatic rings. The predicted octanol–water partition coefficient (Wildman–Crippen LogP) is 5.15. The second kappa shape index (κ2) is 8.22. The minimum atomic E-state index is -0.582. The Morgan fingerprint density at radius 3 is 2.50 bits per heavy atom. The number of ether oxygens (including phenoxy) is 1. The van der Waals surface area contributed by atoms with Crippen LogP contribution in [0, 0.1) is 10.1 Å². The normalized spacial score (nSPS) is 15.4. The number of hydrogen-bond acceptors (Lipinski definition) is 6. The van der Waals surface area contributed by atoms with Gasteiger partial charge in [-0.2, -0.15) is 0 Å². The molecule has 2 aromatic carbocycles. The van der Waals surface area contributed by atoms with Gasteiger partial charge >= 0.3 is 5.69 Å². The molecular formula is C18H12Cl2N2O5S. The molecule has 28 heavy (non-hydrogen) atoms. The van der Waals surface area contributed by atoms with Crippen LogP contribution < -0.4 is 4.74 Å². The number of thioether (sulfide) groups is 1. The number of hydrogen-bond donors (Lipinski definition) is 0. The Balaban J connectivity index is 1.89. The molecule has 1 saturated heterocycles. The molecule has 1 fully saturated rings. The van der Waals surface area contributed by atoms with Crippen molar-refractivity contribution in [2.45, 2.75) is 6.54 Å². The van der Waals surface area contributed by atoms with Crippen LogP contribution in [0.5, 0.6) is 5.75 Å². The fraction of sp³-hybridized carbons (Fsp3) is 0.111. The Morgan fingerprint density at radius 1 is 1.21 bits per heavy atom. The van der Waals surface area contributed by atoms with Gasteiger partial charge in [0.25, 0.3) is 11.1 Å². The summed E-state index contributed by atoms with van der Waals surface area (Å²) in [6.07, 6.45) is 1.42. The van der Waals surface area contributed by atoms with Gasteiger partial charge in [-0.15, -0.1) is 0 Å². The lowest BCUT2D eigenvalue weighted by Crippen LogP contribution is -2.27. The third-order valence-corrected chi connectivity index (χ3v) is 5.56. The highest BCUT2D eigenvalue weighted by Gasteiger charge is 2.35. The highest BCUT2D eigenvalue weighted by Crippen LogP contribution is 2.36. The third kappa shape index (κ3) is 3.99. The van der Waals surface area contributed by atoms with E-state index in [0.29, 0.717) is 21.2 Å². The van der Waals surface area contributed by atoms with E-state index in [1.54, 1.807) is 24.3 Å². The number of methoxy groups -OCH3 is 1. The van der Waals surface area contributed by atoms with Crippen LogP contribution in [0.25, 0.3) is 6.08 Å². The Bertz CT molecular complexity index is 1000. The summed E-state index contributed by atoms with van der Waals surface area (Å²) in [5, 5.41) is 11.4. The van der Waals surface area contributed by atoms with Crippen LogP contribution in [0.4, 0.5) is 10.5 Å². The van der Waals surface area contributed by atoms with Crippen molar-refractivity contribution in [3.8, 4) is 5.75 Å². The number of rotatable bonds is 5. The van der Waals surface area contributed by atoms with Crippen LogP contribution in [0.2, 0.25) is 10.0 Å². The molecule has 144 valence electrons. The Kier molecular flexibility index (Phi) is 5.93. The maximum absolute atomic E-state index is 12.7. The zero-order valence-electron chi connectivity index (χ0n) is 14.3. The van der Waals surface area contributed by atoms with Gasteiger partial charge < -0.3 is 4.74 Å². The van der Waals surface area contributed by atoms with Crippen molar-refractivity contribution in [3.05, 3.63) is 72.6 Å². The van der Waals surface area contributed by atoms with Crippen LogP contribution in [-0.2, 0) is 11.3 Å². The average molecular weight is 439 g/mol. The zero-order chi connectivity index (χ0) is 20.4. The van der Waals surface area contributed by atoms with Crippen LogP contribution in [-0.4, -0.2) is 28.1 Å². The molecule has 1 heterocycles. The summed E-state index contributed by atoms with van der Waals surface area (Å²) in [7, 11) is 1.33. The van der Waals surface area contributed by atoms with Crippen molar-refractivity contribution in [3.63, 3.8) is 0 Å². The summed E-state index contributed by atoms with van der Waals surface area (Å²) in [5.41, 5.74) is 0.626. The van der Waals surface area contributed by atoms with Gasteiger partial charge in [0.1, 0.15) is 0 Å². The Hall–Kier alpha value is -2.55. The molecule has 0 unspecified atom stereocenters. The largest absolute Gasteiger partial charge is 0.490 e. The lowest BCUT2D eigenvalue weighted by molar-refractivity contribution is -0.385. The molecule has 2 amide bonds. The van der Waals surface area contributed by atoms with Crippen molar-refractivity contribution in [2.75, 3.05) is 7.11 Å². The van der Waals surface area contributed by atoms with E-state index in [2.05, 4.69) is 0 Å². The van der Waals surface area contributed by atoms with Gasteiger partial charge in [0.15, 0.2) is 5.75 Å². The van der Waals surface area contributed by atoms with E-state index in [9.17, 15) is 19.7 Å². The number of halogens is 2. The van der Waals surface area contributed by atoms with Crippen LogP contribution in [0.3, 0.4) is 0 Å². The number of nitrogens with zero attached hydrogens (tertiary/aromatic N) is 2. The Morgan fingerprint density at radius 2 is 1.89 bits per heavy atom. The van der Waals surface area contributed by atoms with E-state index in [0.717, 1.165) is 16.7 Å². The fourth-order valence-electron chi connectivity index (χ4n) is 2.57. The smallest absolute Gasteiger partial charge is 0.311 e. The van der Waals surface area contributed by atoms with E-state index in [1.807, 2.05) is 0 Å². The monoisotopic (exact) mass is 438 g/mol. The van der Waals surface area contributed by atoms with Crippen molar-refractivity contribution >= 4 is 57.9 Å². The van der Waals surface area contributed by atoms with Gasteiger partial charge in [0.05, 0.1) is 23.5 Å². The van der Waals surface area contributed by atoms with Gasteiger partial charge in [0.2, 0.25) is 0 Å². The molecule has 0 radical (unpaired) electrons. The van der Waals surface area contributed by atoms with E-state index in [4.69, 9.17) is 27.9 Å². The first-order valence-corrected chi connectivity index (χ1v) is 9.39. The molecule has 0 spiro atoms. The summed E-state index contributed by atoms with van der Waals surface area (Å²) in [5.74, 6) is -0.423. The van der Waals surface area contributed by atoms with E-state index in [1.165, 1.54) is 25.3 Å². The SMILES string of the molecule is COc1ccc(/C=C2\SC(=O)N(Cc3c(Cl)cccc3Cl)C2=O)cc1[N+](=O)[O-]. The standard InChI is InChI=1S/C18H12Cl2N2O5S/c1-27-15-6-5-10(7-14(15)22(25)26)8-16-17(23)21(18(24)28-16)9-11-12(19)3-2-4-13(11)20/h2-8H,9H2,1H3/b16-8-. The van der Waals surface area contributed by atoms with E-state index >= 15 is 0 Å². The molecule has 0 atom stereocenters. The van der Waals surface area contributed by atoms with Gasteiger partial charge in [-0.05, 0) is 41.6 Å². The lowest BCUT2D eigenvalue weighted by atomic mass is 10.1. The maximum atomic E-state index is 12.7. The second-order valence-electron chi connectivity index (χ2n) is 5.66. The molecule has 3 rings (SSSR count). The topological polar surface area (TPSA) is 89.8 Å². The minimum absolute atomic E-state index is 0.0662. The maximum Gasteiger partial charge on any atom is 0.311 e. The molecule has 1 aliphatic heterocycles. The molecule has 10 heteroatoms. The first kappa shape index (κ1) is 20.2. The molecule has 0 aromatic heterocycles. The number of nitro groups is 1. The highest BCUT2D eigenvalue weighted by atomic mass is 35.5. The summed E-state index contributed by atoms with van der Waals surface area (Å²) in [6, 6.07) is 9.17. The molecule has 7 nitrogen and oxygen atoms in total. The Labute approximate surface area is 174 Å². The number of carbonyl (C=O) groups excluding carboxylic acids is 2. The third-order valence-electron chi connectivity index (χ3n) is 3.95. The number of carbonyl (C=O) groups is 2. The quantitative estimate of drug-likeness (QED) is 0.364. The summed E-state index contributed by atoms with van der Waals surface area (Å²) in [4.78, 5) is 36.7. The van der Waals surface area contributed by atoms with Crippen LogP contribution >= 0.6 is 35.0 Å². The first-order chi connectivity index (χ1) is 13.3. The summed E-state index contributed by atoms with van der Waals surface area (Å²) in [6.45, 7) is -0.0662. The summed E-state index contributed by atoms with van der Waals surface area (Å²) >= 11 is 13.0. The number of benzene rings is 2. The molecule has 0 bridgehead atoms. The number of nitro benzene ring substituents is 1. The molecule has 2 aromatic rings. The second-order valence-corrected chi connectivity index (χ2v) is 7.46. The van der Waals surface area contributed by atoms with Gasteiger partial charge in [0, 0.05) is 21.7 Å². The zero-order valence-corrected chi connectivity index (χ0v) is 16.7. The van der Waals surface area contributed by atoms with E-state index < -0.39 is 16.1 Å². The first-order valence-electron chi connectivity index (χ1n) is 7.82. The average Bonchev–Trinajstić information content (AvgIpc) is 2.91. The molecule has 0 saturated carbocycles. The fourth-order valence-corrected chi connectivity index (χ4v) is 3.92. The van der Waals surface area contributed by atoms with Crippen LogP contribution in [0.1, 0.15) is 11.1 Å². The van der Waals surface area contributed by atoms with Gasteiger partial charge in [-0.3, -0.25) is 24.6 Å². The minimum Gasteiger partial charge on any atom is -0.490 e. The molecule has 0 N–H and O–H groups in total. The lowest BCUT2D eigenvalue weighted by Gasteiger charge is -2.14. The van der Waals surface area contributed by atoms with Crippen molar-refractivity contribution < 1.29 is 19.2 Å². The van der Waals surface area contributed by atoms with Crippen molar-refractivity contribution in [2.24, 2.45) is 0 Å². The van der Waals surface area contributed by atoms with Gasteiger partial charge in [-0.1, -0.05) is 35.3 Å². The predicted molar refractivity (Wildman–Crippen MR) is 108 cm³/mol. The molecular weight excluding hydrogens is 427 g/mol. The molecule has 0 aliphatic carbocycles. The summed E-state index contributed by atoms with van der Waals surface area (Å²) < 4.78 is 4.95. The van der Waals surface area contributed by atoms with Crippen LogP contribution in [0.15, 0.2) is 41.3 Å². The van der Waals surface area contributed by atoms with Crippen molar-refractivity contribution in [1.82, 2.24) is 4.90 Å². The van der Waals surface area contributed by atoms with Gasteiger partial charge in [-0.25, -0.2) is 0 Å². The number of amides is 2.